The van der Waals surface area contributed by atoms with Gasteiger partial charge in [0.2, 0.25) is 0 Å². The Kier molecular flexibility index (Phi) is 7.99. The minimum absolute atomic E-state index is 0.0559. The Labute approximate surface area is 131 Å². The van der Waals surface area contributed by atoms with Crippen molar-refractivity contribution in [2.75, 3.05) is 26.7 Å². The molecule has 1 atom stereocenters. The third kappa shape index (κ3) is 7.64. The van der Waals surface area contributed by atoms with Crippen molar-refractivity contribution in [3.8, 4) is 0 Å². The molecule has 0 aliphatic heterocycles. The molecule has 0 fully saturated rings. The van der Waals surface area contributed by atoms with Crippen LogP contribution >= 0.6 is 0 Å². The van der Waals surface area contributed by atoms with Gasteiger partial charge in [-0.3, -0.25) is 4.79 Å². The van der Waals surface area contributed by atoms with E-state index in [1.165, 1.54) is 4.90 Å². The first-order valence-electron chi connectivity index (χ1n) is 7.31. The number of aliphatic carboxylic acids is 1. The van der Waals surface area contributed by atoms with E-state index in [0.29, 0.717) is 19.8 Å². The summed E-state index contributed by atoms with van der Waals surface area (Å²) in [5.41, 5.74) is 1.12. The molecule has 6 nitrogen and oxygen atoms in total. The van der Waals surface area contributed by atoms with E-state index in [9.17, 15) is 9.59 Å². The highest BCUT2D eigenvalue weighted by Crippen LogP contribution is 2.03. The zero-order valence-corrected chi connectivity index (χ0v) is 13.1. The Morgan fingerprint density at radius 1 is 1.32 bits per heavy atom. The molecule has 0 heterocycles. The second-order valence-corrected chi connectivity index (χ2v) is 5.36. The molecule has 2 N–H and O–H groups in total. The van der Waals surface area contributed by atoms with Crippen molar-refractivity contribution in [2.24, 2.45) is 5.92 Å². The van der Waals surface area contributed by atoms with Crippen LogP contribution < -0.4 is 5.32 Å². The summed E-state index contributed by atoms with van der Waals surface area (Å²) >= 11 is 0. The molecule has 0 saturated carbocycles. The van der Waals surface area contributed by atoms with Crippen LogP contribution in [0.3, 0.4) is 0 Å². The summed E-state index contributed by atoms with van der Waals surface area (Å²) < 4.78 is 5.61. The van der Waals surface area contributed by atoms with Crippen LogP contribution in [0.5, 0.6) is 0 Å². The maximum absolute atomic E-state index is 11.7. The Hall–Kier alpha value is -2.08. The number of ether oxygens (including phenoxy) is 1. The van der Waals surface area contributed by atoms with Crippen LogP contribution in [-0.2, 0) is 16.1 Å². The first kappa shape index (κ1) is 18.0. The van der Waals surface area contributed by atoms with E-state index < -0.39 is 5.97 Å². The van der Waals surface area contributed by atoms with Gasteiger partial charge in [0.25, 0.3) is 0 Å². The van der Waals surface area contributed by atoms with Crippen LogP contribution in [-0.4, -0.2) is 48.8 Å². The minimum Gasteiger partial charge on any atom is -0.481 e. The average Bonchev–Trinajstić information content (AvgIpc) is 2.51. The maximum atomic E-state index is 11.7. The molecule has 22 heavy (non-hydrogen) atoms. The lowest BCUT2D eigenvalue weighted by atomic mass is 10.2. The highest BCUT2D eigenvalue weighted by atomic mass is 16.5. The van der Waals surface area contributed by atoms with Crippen LogP contribution in [0.25, 0.3) is 0 Å². The van der Waals surface area contributed by atoms with Gasteiger partial charge in [0, 0.05) is 20.1 Å². The Morgan fingerprint density at radius 2 is 2.00 bits per heavy atom. The summed E-state index contributed by atoms with van der Waals surface area (Å²) in [6.07, 6.45) is -0.0559. The second-order valence-electron chi connectivity index (χ2n) is 5.36. The van der Waals surface area contributed by atoms with E-state index in [1.807, 2.05) is 37.3 Å². The first-order valence-corrected chi connectivity index (χ1v) is 7.31. The smallest absolute Gasteiger partial charge is 0.317 e. The summed E-state index contributed by atoms with van der Waals surface area (Å²) in [6.45, 7) is 3.78. The number of benzene rings is 1. The number of rotatable bonds is 9. The van der Waals surface area contributed by atoms with Crippen molar-refractivity contribution in [1.82, 2.24) is 10.2 Å². The van der Waals surface area contributed by atoms with Gasteiger partial charge in [-0.05, 0) is 11.5 Å². The van der Waals surface area contributed by atoms with Crippen molar-refractivity contribution < 1.29 is 19.4 Å². The Balaban J connectivity index is 2.15. The van der Waals surface area contributed by atoms with Gasteiger partial charge in [0.05, 0.1) is 19.6 Å². The average molecular weight is 308 g/mol. The normalized spacial score (nSPS) is 11.7. The SMILES string of the molecule is CC(CNC(=O)N(C)CCC(=O)O)COCc1ccccc1. The summed E-state index contributed by atoms with van der Waals surface area (Å²) in [5, 5.41) is 11.3. The number of carboxylic acids is 1. The lowest BCUT2D eigenvalue weighted by Crippen LogP contribution is -2.40. The number of nitrogens with zero attached hydrogens (tertiary/aromatic N) is 1. The van der Waals surface area contributed by atoms with Gasteiger partial charge in [0.15, 0.2) is 0 Å². The zero-order chi connectivity index (χ0) is 16.4. The highest BCUT2D eigenvalue weighted by molar-refractivity contribution is 5.74. The molecule has 1 aromatic carbocycles. The summed E-state index contributed by atoms with van der Waals surface area (Å²) in [6, 6.07) is 9.64. The number of urea groups is 1. The largest absolute Gasteiger partial charge is 0.481 e. The first-order chi connectivity index (χ1) is 10.5. The predicted molar refractivity (Wildman–Crippen MR) is 83.5 cm³/mol. The Morgan fingerprint density at radius 3 is 2.64 bits per heavy atom. The highest BCUT2D eigenvalue weighted by Gasteiger charge is 2.11. The standard InChI is InChI=1S/C16H24N2O4/c1-13(11-22-12-14-6-4-3-5-7-14)10-17-16(21)18(2)9-8-15(19)20/h3-7,13H,8-12H2,1-2H3,(H,17,21)(H,19,20). The van der Waals surface area contributed by atoms with Gasteiger partial charge in [-0.15, -0.1) is 0 Å². The van der Waals surface area contributed by atoms with Crippen molar-refractivity contribution in [2.45, 2.75) is 20.0 Å². The predicted octanol–water partition coefficient (Wildman–Crippen LogP) is 1.96. The number of hydrogen-bond acceptors (Lipinski definition) is 3. The van der Waals surface area contributed by atoms with E-state index in [0.717, 1.165) is 5.56 Å². The van der Waals surface area contributed by atoms with E-state index in [1.54, 1.807) is 7.05 Å². The van der Waals surface area contributed by atoms with Gasteiger partial charge in [-0.1, -0.05) is 37.3 Å². The van der Waals surface area contributed by atoms with Crippen molar-refractivity contribution in [3.05, 3.63) is 35.9 Å². The van der Waals surface area contributed by atoms with Gasteiger partial charge in [0.1, 0.15) is 0 Å². The molecule has 0 saturated heterocycles. The molecule has 6 heteroatoms. The molecule has 0 aliphatic rings. The number of carbonyl (C=O) groups is 2. The molecule has 0 radical (unpaired) electrons. The number of carboxylic acid groups (broad SMARTS) is 1. The van der Waals surface area contributed by atoms with E-state index in [2.05, 4.69) is 5.32 Å². The lowest BCUT2D eigenvalue weighted by molar-refractivity contribution is -0.137. The lowest BCUT2D eigenvalue weighted by Gasteiger charge is -2.19. The van der Waals surface area contributed by atoms with Gasteiger partial charge in [-0.25, -0.2) is 4.79 Å². The monoisotopic (exact) mass is 308 g/mol. The maximum Gasteiger partial charge on any atom is 0.317 e. The van der Waals surface area contributed by atoms with E-state index in [-0.39, 0.29) is 24.9 Å². The van der Waals surface area contributed by atoms with Crippen molar-refractivity contribution in [3.63, 3.8) is 0 Å². The third-order valence-electron chi connectivity index (χ3n) is 3.12. The number of nitrogens with one attached hydrogen (secondary N) is 1. The van der Waals surface area contributed by atoms with Gasteiger partial charge < -0.3 is 20.1 Å². The quantitative estimate of drug-likeness (QED) is 0.731. The van der Waals surface area contributed by atoms with Gasteiger partial charge in [-0.2, -0.15) is 0 Å². The fourth-order valence-electron chi connectivity index (χ4n) is 1.77. The topological polar surface area (TPSA) is 78.9 Å². The van der Waals surface area contributed by atoms with Crippen LogP contribution in [0.4, 0.5) is 4.79 Å². The fourth-order valence-corrected chi connectivity index (χ4v) is 1.77. The van der Waals surface area contributed by atoms with Crippen molar-refractivity contribution in [1.29, 1.82) is 0 Å². The number of carbonyl (C=O) groups excluding carboxylic acids is 1. The molecule has 0 spiro atoms. The molecule has 0 aromatic heterocycles. The molecular formula is C16H24N2O4. The molecule has 1 unspecified atom stereocenters. The molecule has 0 bridgehead atoms. The summed E-state index contributed by atoms with van der Waals surface area (Å²) in [4.78, 5) is 23.6. The minimum atomic E-state index is -0.915. The zero-order valence-electron chi connectivity index (χ0n) is 13.1. The third-order valence-corrected chi connectivity index (χ3v) is 3.12. The van der Waals surface area contributed by atoms with E-state index in [4.69, 9.17) is 9.84 Å². The number of hydrogen-bond donors (Lipinski definition) is 2. The Bertz CT molecular complexity index is 464. The second kappa shape index (κ2) is 9.78. The molecule has 122 valence electrons. The van der Waals surface area contributed by atoms with Crippen LogP contribution in [0.15, 0.2) is 30.3 Å². The van der Waals surface area contributed by atoms with Crippen LogP contribution in [0, 0.1) is 5.92 Å². The summed E-state index contributed by atoms with van der Waals surface area (Å²) in [5.74, 6) is -0.733. The summed E-state index contributed by atoms with van der Waals surface area (Å²) in [7, 11) is 1.58. The van der Waals surface area contributed by atoms with Gasteiger partial charge >= 0.3 is 12.0 Å². The molecule has 2 amide bonds. The van der Waals surface area contributed by atoms with Crippen LogP contribution in [0.2, 0.25) is 0 Å². The molecular weight excluding hydrogens is 284 g/mol. The van der Waals surface area contributed by atoms with Crippen LogP contribution in [0.1, 0.15) is 18.9 Å². The fraction of sp³-hybridized carbons (Fsp3) is 0.500. The van der Waals surface area contributed by atoms with E-state index >= 15 is 0 Å². The molecule has 1 rings (SSSR count). The molecule has 1 aromatic rings. The van der Waals surface area contributed by atoms with Crippen molar-refractivity contribution >= 4 is 12.0 Å². The number of amides is 2. The molecule has 0 aliphatic carbocycles.